The van der Waals surface area contributed by atoms with Crippen LogP contribution in [-0.2, 0) is 9.53 Å². The van der Waals surface area contributed by atoms with Crippen molar-refractivity contribution in [2.45, 2.75) is 25.4 Å². The normalized spacial score (nSPS) is 21.8. The molecule has 0 spiro atoms. The maximum atomic E-state index is 11.5. The smallest absolute Gasteiger partial charge is 0.250 e. The maximum absolute atomic E-state index is 11.5. The number of carbonyl (C=O) groups excluding carboxylic acids is 1. The Morgan fingerprint density at radius 3 is 2.39 bits per heavy atom. The molecule has 2 rings (SSSR count). The van der Waals surface area contributed by atoms with Gasteiger partial charge in [0.15, 0.2) is 5.88 Å². The Balaban J connectivity index is 2.51. The first-order valence-corrected chi connectivity index (χ1v) is 5.94. The molecule has 0 bridgehead atoms. The second-order valence-corrected chi connectivity index (χ2v) is 5.27. The van der Waals surface area contributed by atoms with Gasteiger partial charge in [-0.2, -0.15) is 0 Å². The predicted molar refractivity (Wildman–Crippen MR) is 69.8 cm³/mol. The molecule has 4 N–H and O–H groups in total. The van der Waals surface area contributed by atoms with Crippen LogP contribution in [0.2, 0.25) is 5.02 Å². The molecular weight excluding hydrogens is 252 g/mol. The number of primary amides is 1. The van der Waals surface area contributed by atoms with Gasteiger partial charge in [-0.1, -0.05) is 23.7 Å². The second kappa shape index (κ2) is 4.21. The zero-order valence-corrected chi connectivity index (χ0v) is 11.0. The molecule has 1 heterocycles. The van der Waals surface area contributed by atoms with Crippen molar-refractivity contribution in [2.24, 2.45) is 11.5 Å². The van der Waals surface area contributed by atoms with Crippen molar-refractivity contribution < 1.29 is 9.53 Å². The number of benzene rings is 1. The molecule has 18 heavy (non-hydrogen) atoms. The molecule has 0 saturated heterocycles. The molecule has 0 saturated carbocycles. The van der Waals surface area contributed by atoms with Gasteiger partial charge in [-0.05, 0) is 31.5 Å². The lowest BCUT2D eigenvalue weighted by Gasteiger charge is -2.27. The summed E-state index contributed by atoms with van der Waals surface area (Å²) in [7, 11) is 0. The summed E-state index contributed by atoms with van der Waals surface area (Å²) in [5, 5.41) is 0.632. The van der Waals surface area contributed by atoms with E-state index in [9.17, 15) is 4.79 Å². The minimum Gasteiger partial charge on any atom is -0.472 e. The standard InChI is InChI=1S/C13H15ClN2O2/c1-13(2)10(7-3-5-8(14)6-4-7)9(11(15)17)12(16)18-13/h3-6,10H,16H2,1-2H3,(H2,15,17)/t10-/m0/s1. The fourth-order valence-electron chi connectivity index (χ4n) is 2.37. The third-order valence-corrected chi connectivity index (χ3v) is 3.34. The van der Waals surface area contributed by atoms with Crippen molar-refractivity contribution in [3.05, 3.63) is 46.3 Å². The lowest BCUT2D eigenvalue weighted by atomic mass is 9.80. The minimum absolute atomic E-state index is 0.104. The lowest BCUT2D eigenvalue weighted by Crippen LogP contribution is -2.31. The average molecular weight is 267 g/mol. The molecule has 5 heteroatoms. The Morgan fingerprint density at radius 1 is 1.33 bits per heavy atom. The average Bonchev–Trinajstić information content (AvgIpc) is 2.49. The van der Waals surface area contributed by atoms with Crippen LogP contribution in [0.5, 0.6) is 0 Å². The Labute approximate surface area is 111 Å². The highest BCUT2D eigenvalue weighted by molar-refractivity contribution is 6.30. The first kappa shape index (κ1) is 12.8. The summed E-state index contributed by atoms with van der Waals surface area (Å²) in [4.78, 5) is 11.5. The van der Waals surface area contributed by atoms with Crippen molar-refractivity contribution in [3.8, 4) is 0 Å². The monoisotopic (exact) mass is 266 g/mol. The molecule has 4 nitrogen and oxygen atoms in total. The molecule has 1 aliphatic heterocycles. The van der Waals surface area contributed by atoms with Crippen molar-refractivity contribution in [1.82, 2.24) is 0 Å². The van der Waals surface area contributed by atoms with Gasteiger partial charge in [0, 0.05) is 5.02 Å². The Kier molecular flexibility index (Phi) is 2.99. The zero-order valence-electron chi connectivity index (χ0n) is 10.2. The van der Waals surface area contributed by atoms with Gasteiger partial charge in [-0.15, -0.1) is 0 Å². The largest absolute Gasteiger partial charge is 0.472 e. The van der Waals surface area contributed by atoms with Crippen LogP contribution in [0.1, 0.15) is 25.3 Å². The number of rotatable bonds is 2. The van der Waals surface area contributed by atoms with Crippen LogP contribution in [0, 0.1) is 0 Å². The number of hydrogen-bond acceptors (Lipinski definition) is 3. The van der Waals surface area contributed by atoms with Gasteiger partial charge < -0.3 is 16.2 Å². The third-order valence-electron chi connectivity index (χ3n) is 3.09. The van der Waals surface area contributed by atoms with Crippen LogP contribution in [0.15, 0.2) is 35.7 Å². The maximum Gasteiger partial charge on any atom is 0.250 e. The third kappa shape index (κ3) is 2.04. The van der Waals surface area contributed by atoms with E-state index in [0.717, 1.165) is 5.56 Å². The van der Waals surface area contributed by atoms with Gasteiger partial charge in [0.05, 0.1) is 11.5 Å². The van der Waals surface area contributed by atoms with E-state index in [-0.39, 0.29) is 11.8 Å². The number of halogens is 1. The number of hydrogen-bond donors (Lipinski definition) is 2. The van der Waals surface area contributed by atoms with Crippen molar-refractivity contribution in [3.63, 3.8) is 0 Å². The highest BCUT2D eigenvalue weighted by Crippen LogP contribution is 2.44. The van der Waals surface area contributed by atoms with Gasteiger partial charge in [-0.25, -0.2) is 0 Å². The summed E-state index contributed by atoms with van der Waals surface area (Å²) in [6, 6.07) is 7.22. The van der Waals surface area contributed by atoms with E-state index >= 15 is 0 Å². The number of nitrogens with two attached hydrogens (primary N) is 2. The van der Waals surface area contributed by atoms with Gasteiger partial charge in [0.2, 0.25) is 0 Å². The van der Waals surface area contributed by atoms with E-state index in [1.807, 2.05) is 26.0 Å². The Morgan fingerprint density at radius 2 is 1.89 bits per heavy atom. The van der Waals surface area contributed by atoms with Crippen LogP contribution in [0.25, 0.3) is 0 Å². The molecule has 1 aromatic carbocycles. The molecule has 0 aromatic heterocycles. The summed E-state index contributed by atoms with van der Waals surface area (Å²) in [5.74, 6) is -0.738. The molecule has 0 aliphatic carbocycles. The summed E-state index contributed by atoms with van der Waals surface area (Å²) in [6.45, 7) is 3.74. The first-order chi connectivity index (χ1) is 8.33. The number of amides is 1. The molecule has 0 unspecified atom stereocenters. The second-order valence-electron chi connectivity index (χ2n) is 4.83. The van der Waals surface area contributed by atoms with E-state index in [2.05, 4.69) is 0 Å². The fourth-order valence-corrected chi connectivity index (χ4v) is 2.50. The Hall–Kier alpha value is -1.68. The number of carbonyl (C=O) groups is 1. The van der Waals surface area contributed by atoms with E-state index < -0.39 is 11.5 Å². The van der Waals surface area contributed by atoms with Gasteiger partial charge in [0.25, 0.3) is 5.91 Å². The van der Waals surface area contributed by atoms with E-state index in [1.54, 1.807) is 12.1 Å². The van der Waals surface area contributed by atoms with Crippen molar-refractivity contribution in [1.29, 1.82) is 0 Å². The van der Waals surface area contributed by atoms with Crippen LogP contribution in [-0.4, -0.2) is 11.5 Å². The van der Waals surface area contributed by atoms with Crippen LogP contribution in [0.3, 0.4) is 0 Å². The molecule has 1 atom stereocenters. The minimum atomic E-state index is -0.609. The zero-order chi connectivity index (χ0) is 13.5. The van der Waals surface area contributed by atoms with Gasteiger partial charge in [-0.3, -0.25) is 4.79 Å². The summed E-state index contributed by atoms with van der Waals surface area (Å²) < 4.78 is 5.54. The predicted octanol–water partition coefficient (Wildman–Crippen LogP) is 1.89. The molecule has 96 valence electrons. The molecular formula is C13H15ClN2O2. The topological polar surface area (TPSA) is 78.3 Å². The van der Waals surface area contributed by atoms with E-state index in [1.165, 1.54) is 0 Å². The van der Waals surface area contributed by atoms with Gasteiger partial charge in [0.1, 0.15) is 5.60 Å². The van der Waals surface area contributed by atoms with Crippen LogP contribution < -0.4 is 11.5 Å². The summed E-state index contributed by atoms with van der Waals surface area (Å²) in [5.41, 5.74) is 11.7. The first-order valence-electron chi connectivity index (χ1n) is 5.57. The number of ether oxygens (including phenoxy) is 1. The highest BCUT2D eigenvalue weighted by Gasteiger charge is 2.45. The highest BCUT2D eigenvalue weighted by atomic mass is 35.5. The van der Waals surface area contributed by atoms with Gasteiger partial charge >= 0.3 is 0 Å². The molecule has 0 radical (unpaired) electrons. The molecule has 0 fully saturated rings. The fraction of sp³-hybridized carbons (Fsp3) is 0.308. The molecule has 1 amide bonds. The SMILES string of the molecule is CC1(C)OC(N)=C(C(N)=O)[C@@H]1c1ccc(Cl)cc1. The van der Waals surface area contributed by atoms with Crippen molar-refractivity contribution >= 4 is 17.5 Å². The van der Waals surface area contributed by atoms with Crippen LogP contribution >= 0.6 is 11.6 Å². The molecule has 1 aliphatic rings. The van der Waals surface area contributed by atoms with Crippen LogP contribution in [0.4, 0.5) is 0 Å². The quantitative estimate of drug-likeness (QED) is 0.858. The summed E-state index contributed by atoms with van der Waals surface area (Å²) >= 11 is 5.86. The molecule has 1 aromatic rings. The van der Waals surface area contributed by atoms with E-state index in [0.29, 0.717) is 10.6 Å². The van der Waals surface area contributed by atoms with E-state index in [4.69, 9.17) is 27.8 Å². The summed E-state index contributed by atoms with van der Waals surface area (Å²) in [6.07, 6.45) is 0. The lowest BCUT2D eigenvalue weighted by molar-refractivity contribution is -0.114. The van der Waals surface area contributed by atoms with Crippen molar-refractivity contribution in [2.75, 3.05) is 0 Å². The Bertz CT molecular complexity index is 520.